The number of piperazine rings is 1. The monoisotopic (exact) mass is 533 g/mol. The Morgan fingerprint density at radius 2 is 1.68 bits per heavy atom. The Morgan fingerprint density at radius 3 is 2.47 bits per heavy atom. The summed E-state index contributed by atoms with van der Waals surface area (Å²) in [6.07, 6.45) is 9.91. The van der Waals surface area contributed by atoms with Crippen LogP contribution in [0.2, 0.25) is 0 Å². The quantitative estimate of drug-likeness (QED) is 0.429. The number of carbonyl (C=O) groups excluding carboxylic acids is 2. The van der Waals surface area contributed by atoms with Crippen LogP contribution in [0.15, 0.2) is 36.4 Å². The zero-order valence-corrected chi connectivity index (χ0v) is 23.8. The highest BCUT2D eigenvalue weighted by Gasteiger charge is 2.53. The molecule has 204 valence electrons. The van der Waals surface area contributed by atoms with Crippen LogP contribution in [0.1, 0.15) is 64.7 Å². The van der Waals surface area contributed by atoms with Crippen molar-refractivity contribution in [1.82, 2.24) is 9.27 Å². The summed E-state index contributed by atoms with van der Waals surface area (Å²) >= 11 is 1.63. The summed E-state index contributed by atoms with van der Waals surface area (Å²) in [5.74, 6) is 4.64. The van der Waals surface area contributed by atoms with Crippen LogP contribution in [-0.4, -0.2) is 53.6 Å². The molecular weight excluding hydrogens is 490 g/mol. The van der Waals surface area contributed by atoms with Crippen LogP contribution in [0.4, 0.5) is 5.82 Å². The van der Waals surface area contributed by atoms with Crippen molar-refractivity contribution in [3.05, 3.63) is 36.4 Å². The molecule has 0 amide bonds. The van der Waals surface area contributed by atoms with Crippen LogP contribution in [0.5, 0.6) is 0 Å². The van der Waals surface area contributed by atoms with Crippen LogP contribution in [0, 0.1) is 35.5 Å². The minimum atomic E-state index is 0.0197. The lowest BCUT2D eigenvalue weighted by molar-refractivity contribution is -0.138. The second kappa shape index (κ2) is 11.2. The van der Waals surface area contributed by atoms with E-state index in [1.165, 1.54) is 66.8 Å². The van der Waals surface area contributed by atoms with E-state index in [1.807, 2.05) is 0 Å². The molecule has 4 saturated carbocycles. The maximum absolute atomic E-state index is 11.9. The van der Waals surface area contributed by atoms with Crippen molar-refractivity contribution in [1.29, 1.82) is 0 Å². The van der Waals surface area contributed by atoms with E-state index in [2.05, 4.69) is 47.6 Å². The first-order valence-electron chi connectivity index (χ1n) is 15.0. The van der Waals surface area contributed by atoms with Gasteiger partial charge in [0.1, 0.15) is 17.4 Å². The van der Waals surface area contributed by atoms with E-state index in [4.69, 9.17) is 4.37 Å². The Morgan fingerprint density at radius 1 is 0.947 bits per heavy atom. The molecule has 1 aromatic carbocycles. The minimum Gasteiger partial charge on any atom is -0.353 e. The van der Waals surface area contributed by atoms with Gasteiger partial charge in [0.05, 0.1) is 4.70 Å². The van der Waals surface area contributed by atoms with Crippen molar-refractivity contribution in [3.8, 4) is 0 Å². The number of Topliss-reactive ketones (excluding diaryl/α,β-unsaturated/α-hetero) is 2. The summed E-state index contributed by atoms with van der Waals surface area (Å²) in [7, 11) is 0. The summed E-state index contributed by atoms with van der Waals surface area (Å²) in [6.45, 7) is 12.5. The van der Waals surface area contributed by atoms with Gasteiger partial charge in [-0.2, -0.15) is 4.37 Å². The molecule has 7 rings (SSSR count). The summed E-state index contributed by atoms with van der Waals surface area (Å²) in [6, 6.07) is 8.62. The van der Waals surface area contributed by atoms with Gasteiger partial charge in [0, 0.05) is 62.8 Å². The maximum Gasteiger partial charge on any atom is 0.150 e. The van der Waals surface area contributed by atoms with E-state index in [-0.39, 0.29) is 11.8 Å². The third kappa shape index (κ3) is 5.11. The molecule has 5 fully saturated rings. The molecule has 0 N–H and O–H groups in total. The zero-order valence-electron chi connectivity index (χ0n) is 22.9. The number of rotatable bonds is 3. The molecule has 5 nitrogen and oxygen atoms in total. The molecule has 0 radical (unpaired) electrons. The maximum atomic E-state index is 11.9. The highest BCUT2D eigenvalue weighted by Crippen LogP contribution is 2.54. The Labute approximate surface area is 231 Å². The van der Waals surface area contributed by atoms with Gasteiger partial charge < -0.3 is 4.90 Å². The number of allylic oxidation sites excluding steroid dienone is 1. The predicted octanol–water partition coefficient (Wildman–Crippen LogP) is 6.38. The Hall–Kier alpha value is -2.05. The highest BCUT2D eigenvalue weighted by molar-refractivity contribution is 7.13. The summed E-state index contributed by atoms with van der Waals surface area (Å²) < 4.78 is 6.03. The lowest BCUT2D eigenvalue weighted by Crippen LogP contribution is -2.48. The number of carbonyl (C=O) groups is 2. The standard InChI is InChI=1S/C19H27N3S.C13H16O2/c1-15-6-2-3-7-16(15)14-21-10-12-22(13-11-21)19-17-8-4-5-9-18(17)23-20-19;1-7-2-3-8-6-9(7)13-11(15)5-4-10(14)12(8)13/h4-5,8-9,15-16H,2-3,6-7,10-14H2,1H3;8-9,12-13H,1-6H2/t15-,16+;8?,9?,12-,13+/m11/s1. The SMILES string of the molecule is C=C1CCC2CC1[C@H]1C(=O)CCC(=O)[C@@H]21.C[C@@H]1CCCC[C@H]1CN1CCN(c2nsc3ccccc23)CC1. The smallest absolute Gasteiger partial charge is 0.150 e. The van der Waals surface area contributed by atoms with Gasteiger partial charge in [-0.3, -0.25) is 14.5 Å². The number of anilines is 1. The summed E-state index contributed by atoms with van der Waals surface area (Å²) in [5, 5.41) is 1.33. The van der Waals surface area contributed by atoms with Crippen LogP contribution in [-0.2, 0) is 9.59 Å². The number of fused-ring (bicyclic) bond motifs is 6. The fourth-order valence-corrected chi connectivity index (χ4v) is 8.94. The van der Waals surface area contributed by atoms with Crippen molar-refractivity contribution < 1.29 is 9.59 Å². The Bertz CT molecular complexity index is 1180. The van der Waals surface area contributed by atoms with E-state index >= 15 is 0 Å². The van der Waals surface area contributed by atoms with Gasteiger partial charge in [0.2, 0.25) is 0 Å². The number of benzene rings is 1. The third-order valence-corrected chi connectivity index (χ3v) is 11.2. The molecule has 1 saturated heterocycles. The molecule has 1 aliphatic heterocycles. The average molecular weight is 534 g/mol. The Balaban J connectivity index is 0.000000152. The Kier molecular flexibility index (Phi) is 7.72. The molecule has 1 aromatic heterocycles. The van der Waals surface area contributed by atoms with Gasteiger partial charge in [0.15, 0.2) is 0 Å². The molecule has 0 spiro atoms. The normalized spacial score (nSPS) is 33.7. The van der Waals surface area contributed by atoms with Crippen molar-refractivity contribution >= 4 is 39.0 Å². The average Bonchev–Trinajstić information content (AvgIpc) is 3.51. The summed E-state index contributed by atoms with van der Waals surface area (Å²) in [5.41, 5.74) is 1.22. The van der Waals surface area contributed by atoms with Gasteiger partial charge in [-0.1, -0.05) is 50.5 Å². The predicted molar refractivity (Wildman–Crippen MR) is 156 cm³/mol. The van der Waals surface area contributed by atoms with Gasteiger partial charge in [-0.25, -0.2) is 0 Å². The molecule has 6 atom stereocenters. The van der Waals surface area contributed by atoms with E-state index < -0.39 is 0 Å². The number of nitrogens with zero attached hydrogens (tertiary/aromatic N) is 3. The summed E-state index contributed by atoms with van der Waals surface area (Å²) in [4.78, 5) is 29.0. The number of aromatic nitrogens is 1. The molecule has 4 aliphatic carbocycles. The molecule has 2 unspecified atom stereocenters. The molecule has 6 heteroatoms. The van der Waals surface area contributed by atoms with Crippen LogP contribution >= 0.6 is 11.5 Å². The number of hydrogen-bond acceptors (Lipinski definition) is 6. The van der Waals surface area contributed by atoms with Gasteiger partial charge in [-0.15, -0.1) is 0 Å². The van der Waals surface area contributed by atoms with Crippen LogP contribution in [0.25, 0.3) is 10.1 Å². The van der Waals surface area contributed by atoms with Crippen LogP contribution in [0.3, 0.4) is 0 Å². The van der Waals surface area contributed by atoms with Gasteiger partial charge in [-0.05, 0) is 73.0 Å². The van der Waals surface area contributed by atoms with Crippen molar-refractivity contribution in [2.45, 2.75) is 64.7 Å². The van der Waals surface area contributed by atoms with E-state index in [1.54, 1.807) is 11.5 Å². The lowest BCUT2D eigenvalue weighted by atomic mass is 9.74. The molecule has 38 heavy (non-hydrogen) atoms. The molecule has 2 heterocycles. The van der Waals surface area contributed by atoms with Crippen molar-refractivity contribution in [3.63, 3.8) is 0 Å². The van der Waals surface area contributed by atoms with Crippen LogP contribution < -0.4 is 4.90 Å². The molecule has 5 aliphatic rings. The second-order valence-electron chi connectivity index (χ2n) is 12.6. The number of hydrogen-bond donors (Lipinski definition) is 0. The van der Waals surface area contributed by atoms with E-state index in [9.17, 15) is 9.59 Å². The largest absolute Gasteiger partial charge is 0.353 e. The third-order valence-electron chi connectivity index (χ3n) is 10.4. The first-order valence-corrected chi connectivity index (χ1v) is 15.8. The van der Waals surface area contributed by atoms with Gasteiger partial charge in [0.25, 0.3) is 0 Å². The second-order valence-corrected chi connectivity index (χ2v) is 13.4. The first-order chi connectivity index (χ1) is 18.5. The topological polar surface area (TPSA) is 53.5 Å². The fourth-order valence-electron chi connectivity index (χ4n) is 8.14. The van der Waals surface area contributed by atoms with E-state index in [0.29, 0.717) is 36.2 Å². The van der Waals surface area contributed by atoms with E-state index in [0.717, 1.165) is 44.2 Å². The molecule has 2 aromatic rings. The minimum absolute atomic E-state index is 0.0197. The zero-order chi connectivity index (χ0) is 26.2. The first kappa shape index (κ1) is 26.2. The molecule has 2 bridgehead atoms. The van der Waals surface area contributed by atoms with Crippen molar-refractivity contribution in [2.24, 2.45) is 35.5 Å². The fraction of sp³-hybridized carbons (Fsp3) is 0.656. The molecular formula is C32H43N3O2S. The number of ketones is 2. The highest BCUT2D eigenvalue weighted by atomic mass is 32.1. The van der Waals surface area contributed by atoms with Crippen molar-refractivity contribution in [2.75, 3.05) is 37.6 Å². The lowest BCUT2D eigenvalue weighted by Gasteiger charge is -2.39. The van der Waals surface area contributed by atoms with Gasteiger partial charge >= 0.3 is 0 Å².